The van der Waals surface area contributed by atoms with Crippen LogP contribution in [0.5, 0.6) is 0 Å². The molecule has 4 nitrogen and oxygen atoms in total. The Bertz CT molecular complexity index is 3190. The molecule has 9 aromatic rings. The third kappa shape index (κ3) is 4.74. The van der Waals surface area contributed by atoms with Crippen molar-refractivity contribution in [1.29, 1.82) is 0 Å². The predicted octanol–water partition coefficient (Wildman–Crippen LogP) is 13.6. The normalized spacial score (nSPS) is 14.9. The second-order valence-electron chi connectivity index (χ2n) is 14.8. The molecule has 0 amide bonds. The fraction of sp³-hybridized carbons (Fsp3) is 0.0189. The van der Waals surface area contributed by atoms with Crippen LogP contribution in [0.2, 0.25) is 0 Å². The van der Waals surface area contributed by atoms with E-state index in [1.165, 1.54) is 16.8 Å². The highest BCUT2D eigenvalue weighted by atomic mass is 16.3. The third-order valence-corrected chi connectivity index (χ3v) is 11.8. The monoisotopic (exact) mass is 728 g/mol. The van der Waals surface area contributed by atoms with E-state index >= 15 is 0 Å². The van der Waals surface area contributed by atoms with E-state index in [0.29, 0.717) is 0 Å². The molecule has 2 aliphatic carbocycles. The molecule has 1 unspecified atom stereocenters. The van der Waals surface area contributed by atoms with Crippen LogP contribution >= 0.6 is 0 Å². The summed E-state index contributed by atoms with van der Waals surface area (Å²) in [7, 11) is 0. The summed E-state index contributed by atoms with van der Waals surface area (Å²) in [6, 6.07) is 61.0. The number of rotatable bonds is 3. The number of pyridine rings is 1. The van der Waals surface area contributed by atoms with Crippen molar-refractivity contribution in [3.05, 3.63) is 200 Å². The van der Waals surface area contributed by atoms with Crippen LogP contribution in [0.15, 0.2) is 205 Å². The Morgan fingerprint density at radius 1 is 0.526 bits per heavy atom. The minimum absolute atomic E-state index is 0.0172. The van der Waals surface area contributed by atoms with E-state index < -0.39 is 0 Å². The van der Waals surface area contributed by atoms with Gasteiger partial charge in [0.2, 0.25) is 17.1 Å². The van der Waals surface area contributed by atoms with Crippen LogP contribution in [0.25, 0.3) is 77.7 Å². The zero-order valence-corrected chi connectivity index (χ0v) is 30.9. The first-order chi connectivity index (χ1) is 28.3. The van der Waals surface area contributed by atoms with E-state index in [2.05, 4.69) is 198 Å². The maximum atomic E-state index is 6.67. The third-order valence-electron chi connectivity index (χ3n) is 11.8. The van der Waals surface area contributed by atoms with Crippen molar-refractivity contribution in [3.8, 4) is 55.8 Å². The molecule has 3 heterocycles. The van der Waals surface area contributed by atoms with E-state index in [1.54, 1.807) is 0 Å². The average molecular weight is 729 g/mol. The molecule has 4 heteroatoms. The molecule has 0 fully saturated rings. The molecule has 0 saturated heterocycles. The lowest BCUT2D eigenvalue weighted by atomic mass is 9.79. The van der Waals surface area contributed by atoms with Crippen molar-refractivity contribution in [2.45, 2.75) is 6.04 Å². The summed E-state index contributed by atoms with van der Waals surface area (Å²) in [5.41, 5.74) is 18.6. The molecule has 0 radical (unpaired) electrons. The molecule has 266 valence electrons. The predicted molar refractivity (Wildman–Crippen MR) is 236 cm³/mol. The van der Waals surface area contributed by atoms with Crippen LogP contribution in [-0.4, -0.2) is 16.7 Å². The van der Waals surface area contributed by atoms with E-state index in [4.69, 9.17) is 9.40 Å². The molecular formula is C53H34N3O+. The standard InChI is InChI=1S/C53H34N3O/c1-3-16-34(17-4-1)55-46-28-10-11-29-47(46)56(35-18-5-2-6-19-35)49-33-45-44(32-48(49)55)36-20-7-8-22-38(36)51-39(41-27-15-31-54-52(41)45)23-13-24-40(51)43-26-14-25-42-37-21-9-12-30-50(37)57-53(42)43/h1-33,47H/q+1. The van der Waals surface area contributed by atoms with Crippen LogP contribution in [0.4, 0.5) is 22.7 Å². The zero-order valence-electron chi connectivity index (χ0n) is 30.9. The van der Waals surface area contributed by atoms with Gasteiger partial charge in [0.25, 0.3) is 0 Å². The van der Waals surface area contributed by atoms with Gasteiger partial charge in [-0.2, -0.15) is 4.58 Å². The van der Waals surface area contributed by atoms with E-state index in [1.807, 2.05) is 12.3 Å². The number of aromatic nitrogens is 1. The molecule has 12 rings (SSSR count). The highest BCUT2D eigenvalue weighted by Gasteiger charge is 2.41. The lowest BCUT2D eigenvalue weighted by molar-refractivity contribution is 0.670. The number of allylic oxidation sites excluding steroid dienone is 2. The smallest absolute Gasteiger partial charge is 0.236 e. The van der Waals surface area contributed by atoms with Gasteiger partial charge in [-0.3, -0.25) is 4.98 Å². The van der Waals surface area contributed by atoms with Gasteiger partial charge in [-0.25, -0.2) is 0 Å². The van der Waals surface area contributed by atoms with E-state index in [9.17, 15) is 0 Å². The molecule has 1 aliphatic heterocycles. The molecule has 0 spiro atoms. The Kier molecular flexibility index (Phi) is 6.96. The minimum atomic E-state index is -0.0172. The van der Waals surface area contributed by atoms with Crippen LogP contribution in [-0.2, 0) is 0 Å². The van der Waals surface area contributed by atoms with Gasteiger partial charge in [0, 0.05) is 63.6 Å². The topological polar surface area (TPSA) is 32.3 Å². The second-order valence-corrected chi connectivity index (χ2v) is 14.8. The maximum Gasteiger partial charge on any atom is 0.236 e. The first-order valence-electron chi connectivity index (χ1n) is 19.5. The van der Waals surface area contributed by atoms with E-state index in [0.717, 1.165) is 89.3 Å². The Morgan fingerprint density at radius 2 is 1.21 bits per heavy atom. The summed E-state index contributed by atoms with van der Waals surface area (Å²) in [6.45, 7) is 0. The zero-order chi connectivity index (χ0) is 37.5. The maximum absolute atomic E-state index is 6.67. The van der Waals surface area contributed by atoms with Crippen molar-refractivity contribution in [3.63, 3.8) is 0 Å². The van der Waals surface area contributed by atoms with Gasteiger partial charge >= 0.3 is 0 Å². The average Bonchev–Trinajstić information content (AvgIpc) is 3.67. The highest BCUT2D eigenvalue weighted by Crippen LogP contribution is 2.54. The van der Waals surface area contributed by atoms with Crippen molar-refractivity contribution < 1.29 is 4.42 Å². The molecule has 3 aliphatic rings. The number of furan rings is 1. The van der Waals surface area contributed by atoms with Gasteiger partial charge in [-0.05, 0) is 63.7 Å². The highest BCUT2D eigenvalue weighted by molar-refractivity contribution is 6.15. The Hall–Kier alpha value is -7.56. The van der Waals surface area contributed by atoms with Crippen LogP contribution in [0.3, 0.4) is 0 Å². The van der Waals surface area contributed by atoms with Gasteiger partial charge in [-0.15, -0.1) is 0 Å². The SMILES string of the molecule is C1=CC2=[N+](c3ccccc3)c3cc4c(cc3N(c3ccccc3)C2C=C1)-c1ncccc1-c1cccc(-c2cccc3c2oc2ccccc23)c1-c1ccccc1-4. The molecule has 0 bridgehead atoms. The van der Waals surface area contributed by atoms with Crippen LogP contribution in [0.1, 0.15) is 0 Å². The number of hydrogen-bond acceptors (Lipinski definition) is 3. The largest absolute Gasteiger partial charge is 0.455 e. The second kappa shape index (κ2) is 12.5. The number of benzene rings is 7. The van der Waals surface area contributed by atoms with Crippen molar-refractivity contribution in [2.75, 3.05) is 4.90 Å². The van der Waals surface area contributed by atoms with Gasteiger partial charge in [0.15, 0.2) is 0 Å². The van der Waals surface area contributed by atoms with Gasteiger partial charge in [-0.1, -0.05) is 140 Å². The van der Waals surface area contributed by atoms with Crippen molar-refractivity contribution in [2.24, 2.45) is 0 Å². The molecule has 2 aromatic heterocycles. The summed E-state index contributed by atoms with van der Waals surface area (Å²) in [6.07, 6.45) is 10.8. The molecule has 0 saturated carbocycles. The molecule has 1 atom stereocenters. The van der Waals surface area contributed by atoms with Crippen molar-refractivity contribution >= 4 is 50.4 Å². The Morgan fingerprint density at radius 3 is 2.09 bits per heavy atom. The van der Waals surface area contributed by atoms with Crippen molar-refractivity contribution in [1.82, 2.24) is 9.56 Å². The van der Waals surface area contributed by atoms with Gasteiger partial charge in [0.1, 0.15) is 22.9 Å². The number of nitrogens with zero attached hydrogens (tertiary/aromatic N) is 3. The van der Waals surface area contributed by atoms with Crippen LogP contribution < -0.4 is 9.48 Å². The Balaban J connectivity index is 1.19. The summed E-state index contributed by atoms with van der Waals surface area (Å²) >= 11 is 0. The quantitative estimate of drug-likeness (QED) is 0.170. The lowest BCUT2D eigenvalue weighted by Crippen LogP contribution is -2.44. The minimum Gasteiger partial charge on any atom is -0.455 e. The molecule has 57 heavy (non-hydrogen) atoms. The molecule has 0 N–H and O–H groups in total. The molecule has 7 aromatic carbocycles. The number of para-hydroxylation sites is 4. The lowest BCUT2D eigenvalue weighted by Gasteiger charge is -2.36. The summed E-state index contributed by atoms with van der Waals surface area (Å²) in [4.78, 5) is 7.72. The summed E-state index contributed by atoms with van der Waals surface area (Å²) in [5, 5.41) is 2.24. The Labute approximate surface area is 330 Å². The first kappa shape index (κ1) is 31.8. The number of anilines is 2. The number of hydrogen-bond donors (Lipinski definition) is 0. The van der Waals surface area contributed by atoms with Gasteiger partial charge in [0.05, 0.1) is 5.69 Å². The fourth-order valence-electron chi connectivity index (χ4n) is 9.38. The fourth-order valence-corrected chi connectivity index (χ4v) is 9.38. The van der Waals surface area contributed by atoms with Crippen LogP contribution in [0, 0.1) is 0 Å². The molecular weight excluding hydrogens is 695 g/mol. The number of fused-ring (bicyclic) bond motifs is 13. The summed E-state index contributed by atoms with van der Waals surface area (Å²) in [5.74, 6) is 0. The summed E-state index contributed by atoms with van der Waals surface area (Å²) < 4.78 is 9.12. The van der Waals surface area contributed by atoms with Gasteiger partial charge < -0.3 is 9.32 Å². The van der Waals surface area contributed by atoms with E-state index in [-0.39, 0.29) is 6.04 Å². The first-order valence-corrected chi connectivity index (χ1v) is 19.5.